The third kappa shape index (κ3) is 2.13. The summed E-state index contributed by atoms with van der Waals surface area (Å²) in [5.74, 6) is 0. The zero-order valence-electron chi connectivity index (χ0n) is 8.77. The van der Waals surface area contributed by atoms with Crippen LogP contribution in [0, 0.1) is 6.92 Å². The predicted molar refractivity (Wildman–Crippen MR) is 63.6 cm³/mol. The fourth-order valence-corrected chi connectivity index (χ4v) is 1.45. The van der Waals surface area contributed by atoms with Crippen molar-refractivity contribution in [2.45, 2.75) is 6.92 Å². The summed E-state index contributed by atoms with van der Waals surface area (Å²) in [5.41, 5.74) is 4.26. The van der Waals surface area contributed by atoms with Crippen molar-refractivity contribution in [3.63, 3.8) is 0 Å². The van der Waals surface area contributed by atoms with Crippen LogP contribution in [0.2, 0.25) is 0 Å². The molecule has 0 aliphatic carbocycles. The first kappa shape index (κ1) is 9.66. The SMILES string of the molecule is C=C(c1ccccc1)c1ccc(C)nc1. The predicted octanol–water partition coefficient (Wildman–Crippen LogP) is 3.45. The van der Waals surface area contributed by atoms with Crippen molar-refractivity contribution < 1.29 is 0 Å². The molecule has 0 N–H and O–H groups in total. The van der Waals surface area contributed by atoms with Gasteiger partial charge in [-0.25, -0.2) is 0 Å². The van der Waals surface area contributed by atoms with E-state index in [-0.39, 0.29) is 0 Å². The topological polar surface area (TPSA) is 12.9 Å². The molecule has 0 amide bonds. The van der Waals surface area contributed by atoms with Crippen LogP contribution in [0.3, 0.4) is 0 Å². The first-order chi connectivity index (χ1) is 7.27. The lowest BCUT2D eigenvalue weighted by Gasteiger charge is -2.05. The molecule has 0 bridgehead atoms. The molecule has 0 aliphatic heterocycles. The molecule has 1 heterocycles. The van der Waals surface area contributed by atoms with Gasteiger partial charge in [0.2, 0.25) is 0 Å². The van der Waals surface area contributed by atoms with Crippen LogP contribution in [0.15, 0.2) is 55.2 Å². The van der Waals surface area contributed by atoms with Crippen molar-refractivity contribution in [1.29, 1.82) is 0 Å². The average molecular weight is 195 g/mol. The highest BCUT2D eigenvalue weighted by molar-refractivity contribution is 5.77. The monoisotopic (exact) mass is 195 g/mol. The number of rotatable bonds is 2. The van der Waals surface area contributed by atoms with Gasteiger partial charge in [0, 0.05) is 17.5 Å². The van der Waals surface area contributed by atoms with Crippen molar-refractivity contribution in [3.05, 3.63) is 72.1 Å². The van der Waals surface area contributed by atoms with E-state index < -0.39 is 0 Å². The van der Waals surface area contributed by atoms with Gasteiger partial charge in [0.15, 0.2) is 0 Å². The number of benzene rings is 1. The Bertz CT molecular complexity index is 454. The third-order valence-corrected chi connectivity index (χ3v) is 2.38. The van der Waals surface area contributed by atoms with Gasteiger partial charge in [-0.1, -0.05) is 43.0 Å². The molecule has 0 atom stereocenters. The second kappa shape index (κ2) is 4.09. The maximum absolute atomic E-state index is 4.26. The Labute approximate surface area is 90.1 Å². The molecule has 0 unspecified atom stereocenters. The molecule has 2 aromatic rings. The van der Waals surface area contributed by atoms with Crippen LogP contribution >= 0.6 is 0 Å². The van der Waals surface area contributed by atoms with Crippen molar-refractivity contribution >= 4 is 5.57 Å². The highest BCUT2D eigenvalue weighted by Crippen LogP contribution is 2.20. The van der Waals surface area contributed by atoms with Gasteiger partial charge >= 0.3 is 0 Å². The molecule has 0 saturated carbocycles. The zero-order chi connectivity index (χ0) is 10.7. The van der Waals surface area contributed by atoms with Crippen molar-refractivity contribution in [2.75, 3.05) is 0 Å². The largest absolute Gasteiger partial charge is 0.261 e. The number of aromatic nitrogens is 1. The summed E-state index contributed by atoms with van der Waals surface area (Å²) in [4.78, 5) is 4.26. The molecule has 15 heavy (non-hydrogen) atoms. The van der Waals surface area contributed by atoms with Crippen LogP contribution in [-0.2, 0) is 0 Å². The zero-order valence-corrected chi connectivity index (χ0v) is 8.77. The lowest BCUT2D eigenvalue weighted by atomic mass is 10.0. The first-order valence-corrected chi connectivity index (χ1v) is 4.95. The fraction of sp³-hybridized carbons (Fsp3) is 0.0714. The minimum absolute atomic E-state index is 1.02. The van der Waals surface area contributed by atoms with Gasteiger partial charge in [0.25, 0.3) is 0 Å². The Balaban J connectivity index is 2.33. The molecule has 1 heteroatoms. The Hall–Kier alpha value is -1.89. The van der Waals surface area contributed by atoms with E-state index in [1.54, 1.807) is 0 Å². The highest BCUT2D eigenvalue weighted by Gasteiger charge is 2.01. The standard InChI is InChI=1S/C14H13N/c1-11-8-9-14(10-15-11)12(2)13-6-4-3-5-7-13/h3-10H,2H2,1H3. The Kier molecular flexibility index (Phi) is 2.64. The molecule has 1 aromatic carbocycles. The van der Waals surface area contributed by atoms with Crippen LogP contribution in [0.5, 0.6) is 0 Å². The van der Waals surface area contributed by atoms with Crippen LogP contribution in [0.1, 0.15) is 16.8 Å². The minimum atomic E-state index is 1.02. The van der Waals surface area contributed by atoms with E-state index in [1.165, 1.54) is 0 Å². The molecular formula is C14H13N. The molecule has 1 aromatic heterocycles. The summed E-state index contributed by atoms with van der Waals surface area (Å²) in [5, 5.41) is 0. The van der Waals surface area contributed by atoms with E-state index in [0.717, 1.165) is 22.4 Å². The molecule has 0 spiro atoms. The van der Waals surface area contributed by atoms with Crippen LogP contribution in [0.25, 0.3) is 5.57 Å². The van der Waals surface area contributed by atoms with Gasteiger partial charge in [0.1, 0.15) is 0 Å². The normalized spacial score (nSPS) is 9.93. The molecular weight excluding hydrogens is 182 g/mol. The van der Waals surface area contributed by atoms with Gasteiger partial charge in [0.05, 0.1) is 0 Å². The van der Waals surface area contributed by atoms with Gasteiger partial charge in [-0.3, -0.25) is 4.98 Å². The Morgan fingerprint density at radius 3 is 2.33 bits per heavy atom. The minimum Gasteiger partial charge on any atom is -0.261 e. The number of hydrogen-bond donors (Lipinski definition) is 0. The lowest BCUT2D eigenvalue weighted by molar-refractivity contribution is 1.19. The summed E-state index contributed by atoms with van der Waals surface area (Å²) in [6.07, 6.45) is 1.87. The summed E-state index contributed by atoms with van der Waals surface area (Å²) < 4.78 is 0. The number of nitrogens with zero attached hydrogens (tertiary/aromatic N) is 1. The quantitative estimate of drug-likeness (QED) is 0.715. The molecule has 1 nitrogen and oxygen atoms in total. The van der Waals surface area contributed by atoms with Gasteiger partial charge < -0.3 is 0 Å². The molecule has 0 saturated heterocycles. The first-order valence-electron chi connectivity index (χ1n) is 4.95. The molecule has 2 rings (SSSR count). The fourth-order valence-electron chi connectivity index (χ4n) is 1.45. The smallest absolute Gasteiger partial charge is 0.0373 e. The summed E-state index contributed by atoms with van der Waals surface area (Å²) in [7, 11) is 0. The van der Waals surface area contributed by atoms with Crippen molar-refractivity contribution in [3.8, 4) is 0 Å². The number of hydrogen-bond acceptors (Lipinski definition) is 1. The average Bonchev–Trinajstić information content (AvgIpc) is 2.30. The third-order valence-electron chi connectivity index (χ3n) is 2.38. The lowest BCUT2D eigenvalue weighted by Crippen LogP contribution is -1.88. The summed E-state index contributed by atoms with van der Waals surface area (Å²) >= 11 is 0. The Morgan fingerprint density at radius 1 is 1.00 bits per heavy atom. The van der Waals surface area contributed by atoms with Crippen molar-refractivity contribution in [2.24, 2.45) is 0 Å². The summed E-state index contributed by atoms with van der Waals surface area (Å²) in [6, 6.07) is 14.2. The molecule has 0 aliphatic rings. The van der Waals surface area contributed by atoms with Gasteiger partial charge in [-0.15, -0.1) is 0 Å². The van der Waals surface area contributed by atoms with Crippen LogP contribution < -0.4 is 0 Å². The van der Waals surface area contributed by atoms with Crippen LogP contribution in [-0.4, -0.2) is 4.98 Å². The van der Waals surface area contributed by atoms with Gasteiger partial charge in [-0.05, 0) is 24.1 Å². The highest BCUT2D eigenvalue weighted by atomic mass is 14.7. The second-order valence-corrected chi connectivity index (χ2v) is 3.53. The van der Waals surface area contributed by atoms with E-state index in [2.05, 4.69) is 29.8 Å². The number of pyridine rings is 1. The van der Waals surface area contributed by atoms with E-state index in [1.807, 2.05) is 37.4 Å². The van der Waals surface area contributed by atoms with E-state index in [4.69, 9.17) is 0 Å². The molecule has 0 radical (unpaired) electrons. The Morgan fingerprint density at radius 2 is 1.73 bits per heavy atom. The van der Waals surface area contributed by atoms with Crippen molar-refractivity contribution in [1.82, 2.24) is 4.98 Å². The van der Waals surface area contributed by atoms with Gasteiger partial charge in [-0.2, -0.15) is 0 Å². The number of aryl methyl sites for hydroxylation is 1. The molecule has 74 valence electrons. The second-order valence-electron chi connectivity index (χ2n) is 3.53. The van der Waals surface area contributed by atoms with E-state index in [0.29, 0.717) is 0 Å². The van der Waals surface area contributed by atoms with Crippen LogP contribution in [0.4, 0.5) is 0 Å². The maximum atomic E-state index is 4.26. The maximum Gasteiger partial charge on any atom is 0.0373 e. The van der Waals surface area contributed by atoms with E-state index in [9.17, 15) is 0 Å². The molecule has 0 fully saturated rings. The summed E-state index contributed by atoms with van der Waals surface area (Å²) in [6.45, 7) is 6.07. The van der Waals surface area contributed by atoms with E-state index >= 15 is 0 Å².